The maximum absolute atomic E-state index is 13.1. The largest absolute Gasteiger partial charge is 0.465 e. The number of hydrogen-bond acceptors (Lipinski definition) is 9. The van der Waals surface area contributed by atoms with E-state index in [1.165, 1.54) is 51.4 Å². The number of methoxy groups -OCH3 is 1. The molecule has 3 heterocycles. The summed E-state index contributed by atoms with van der Waals surface area (Å²) in [5, 5.41) is 1.74. The number of sulfonamides is 1. The third kappa shape index (κ3) is 4.68. The summed E-state index contributed by atoms with van der Waals surface area (Å²) in [6, 6.07) is 7.18. The van der Waals surface area contributed by atoms with Crippen molar-refractivity contribution in [3.8, 4) is 0 Å². The van der Waals surface area contributed by atoms with Gasteiger partial charge in [0, 0.05) is 30.7 Å². The minimum absolute atomic E-state index is 0.0346. The fourth-order valence-corrected chi connectivity index (χ4v) is 6.05. The molecule has 0 bridgehead atoms. The Morgan fingerprint density at radius 2 is 1.94 bits per heavy atom. The van der Waals surface area contributed by atoms with E-state index >= 15 is 0 Å². The van der Waals surface area contributed by atoms with E-state index in [0.717, 1.165) is 0 Å². The van der Waals surface area contributed by atoms with Gasteiger partial charge in [0.05, 0.1) is 29.2 Å². The molecule has 0 radical (unpaired) electrons. The van der Waals surface area contributed by atoms with Gasteiger partial charge in [0.15, 0.2) is 4.96 Å². The number of benzene rings is 1. The van der Waals surface area contributed by atoms with Crippen LogP contribution >= 0.6 is 11.3 Å². The van der Waals surface area contributed by atoms with Crippen LogP contribution in [0.3, 0.4) is 0 Å². The van der Waals surface area contributed by atoms with Gasteiger partial charge in [-0.1, -0.05) is 12.1 Å². The maximum atomic E-state index is 13.1. The van der Waals surface area contributed by atoms with Crippen molar-refractivity contribution >= 4 is 38.3 Å². The van der Waals surface area contributed by atoms with Gasteiger partial charge in [-0.3, -0.25) is 14.0 Å². The Balaban J connectivity index is 1.38. The number of carbonyl (C=O) groups excluding carboxylic acids is 2. The molecule has 0 saturated carbocycles. The summed E-state index contributed by atoms with van der Waals surface area (Å²) in [5.74, 6) is -1.67. The number of carbonyl (C=O) groups is 2. The Morgan fingerprint density at radius 1 is 1.21 bits per heavy atom. The normalized spacial score (nSPS) is 15.4. The van der Waals surface area contributed by atoms with E-state index in [4.69, 9.17) is 4.74 Å². The molecule has 0 spiro atoms. The van der Waals surface area contributed by atoms with Crippen LogP contribution in [0.5, 0.6) is 0 Å². The molecular weight excluding hydrogens is 470 g/mol. The van der Waals surface area contributed by atoms with Crippen LogP contribution in [0.1, 0.15) is 28.9 Å². The molecule has 3 aromatic rings. The molecule has 0 N–H and O–H groups in total. The van der Waals surface area contributed by atoms with Crippen molar-refractivity contribution < 1.29 is 27.5 Å². The van der Waals surface area contributed by atoms with Crippen LogP contribution in [-0.2, 0) is 30.9 Å². The molecule has 1 aromatic carbocycles. The fraction of sp³-hybridized carbons (Fsp3) is 0.333. The summed E-state index contributed by atoms with van der Waals surface area (Å²) in [5.41, 5.74) is 0.0703. The zero-order chi connectivity index (χ0) is 23.6. The summed E-state index contributed by atoms with van der Waals surface area (Å²) in [6.45, 7) is 0.0875. The van der Waals surface area contributed by atoms with Gasteiger partial charge in [0.1, 0.15) is 6.61 Å². The first-order chi connectivity index (χ1) is 15.8. The highest BCUT2D eigenvalue weighted by molar-refractivity contribution is 7.89. The highest BCUT2D eigenvalue weighted by atomic mass is 32.2. The van der Waals surface area contributed by atoms with Crippen molar-refractivity contribution in [3.05, 3.63) is 63.5 Å². The highest BCUT2D eigenvalue weighted by Crippen LogP contribution is 2.27. The standard InChI is InChI=1S/C21H21N3O7S2/c1-30-20(27)16-4-2-3-5-17(16)33(28,29)23-8-6-14(7-9-23)19(26)31-13-15-12-18(25)24-10-11-32-21(24)22-15/h2-5,10-12,14H,6-9,13H2,1H3. The highest BCUT2D eigenvalue weighted by Gasteiger charge is 2.34. The summed E-state index contributed by atoms with van der Waals surface area (Å²) in [6.07, 6.45) is 2.17. The lowest BCUT2D eigenvalue weighted by Gasteiger charge is -2.30. The predicted molar refractivity (Wildman–Crippen MR) is 118 cm³/mol. The Hall–Kier alpha value is -3.09. The number of ether oxygens (including phenoxy) is 2. The molecule has 0 atom stereocenters. The van der Waals surface area contributed by atoms with Gasteiger partial charge in [-0.25, -0.2) is 18.2 Å². The van der Waals surface area contributed by atoms with E-state index < -0.39 is 27.9 Å². The van der Waals surface area contributed by atoms with Crippen molar-refractivity contribution in [3.63, 3.8) is 0 Å². The number of esters is 2. The van der Waals surface area contributed by atoms with Gasteiger partial charge in [-0.05, 0) is 25.0 Å². The van der Waals surface area contributed by atoms with Crippen LogP contribution < -0.4 is 5.56 Å². The molecule has 10 nitrogen and oxygen atoms in total. The molecule has 0 unspecified atom stereocenters. The second kappa shape index (κ2) is 9.41. The van der Waals surface area contributed by atoms with E-state index in [0.29, 0.717) is 10.7 Å². The van der Waals surface area contributed by atoms with Gasteiger partial charge in [0.2, 0.25) is 10.0 Å². The number of hydrogen-bond donors (Lipinski definition) is 0. The van der Waals surface area contributed by atoms with E-state index in [1.807, 2.05) is 0 Å². The molecule has 4 rings (SSSR count). The van der Waals surface area contributed by atoms with Crippen molar-refractivity contribution in [1.29, 1.82) is 0 Å². The van der Waals surface area contributed by atoms with E-state index in [-0.39, 0.29) is 48.6 Å². The molecule has 1 fully saturated rings. The van der Waals surface area contributed by atoms with Gasteiger partial charge in [-0.2, -0.15) is 4.31 Å². The summed E-state index contributed by atoms with van der Waals surface area (Å²) >= 11 is 1.30. The summed E-state index contributed by atoms with van der Waals surface area (Å²) in [7, 11) is -2.75. The van der Waals surface area contributed by atoms with Crippen LogP contribution in [0.4, 0.5) is 0 Å². The first kappa shape index (κ1) is 23.1. The SMILES string of the molecule is COC(=O)c1ccccc1S(=O)(=O)N1CCC(C(=O)OCc2cc(=O)n3ccsc3n2)CC1. The topological polar surface area (TPSA) is 124 Å². The third-order valence-electron chi connectivity index (χ3n) is 5.42. The lowest BCUT2D eigenvalue weighted by Crippen LogP contribution is -2.41. The summed E-state index contributed by atoms with van der Waals surface area (Å²) < 4.78 is 38.9. The Labute approximate surface area is 193 Å². The molecule has 0 amide bonds. The minimum Gasteiger partial charge on any atom is -0.465 e. The number of aromatic nitrogens is 2. The smallest absolute Gasteiger partial charge is 0.339 e. The molecular formula is C21H21N3O7S2. The summed E-state index contributed by atoms with van der Waals surface area (Å²) in [4.78, 5) is 41.2. The van der Waals surface area contributed by atoms with Crippen LogP contribution in [0, 0.1) is 5.92 Å². The second-order valence-electron chi connectivity index (χ2n) is 7.42. The monoisotopic (exact) mass is 491 g/mol. The average molecular weight is 492 g/mol. The van der Waals surface area contributed by atoms with E-state index in [1.54, 1.807) is 17.6 Å². The number of thiazole rings is 1. The van der Waals surface area contributed by atoms with Crippen LogP contribution in [0.15, 0.2) is 51.6 Å². The van der Waals surface area contributed by atoms with Crippen molar-refractivity contribution in [2.45, 2.75) is 24.3 Å². The van der Waals surface area contributed by atoms with Gasteiger partial charge < -0.3 is 9.47 Å². The predicted octanol–water partition coefficient (Wildman–Crippen LogP) is 1.69. The lowest BCUT2D eigenvalue weighted by molar-refractivity contribution is -0.151. The van der Waals surface area contributed by atoms with Gasteiger partial charge in [0.25, 0.3) is 5.56 Å². The molecule has 1 aliphatic rings. The zero-order valence-corrected chi connectivity index (χ0v) is 19.3. The van der Waals surface area contributed by atoms with E-state index in [2.05, 4.69) is 9.72 Å². The molecule has 1 aliphatic heterocycles. The van der Waals surface area contributed by atoms with Gasteiger partial charge in [-0.15, -0.1) is 11.3 Å². The Morgan fingerprint density at radius 3 is 2.67 bits per heavy atom. The molecule has 174 valence electrons. The molecule has 12 heteroatoms. The number of fused-ring (bicyclic) bond motifs is 1. The molecule has 1 saturated heterocycles. The Kier molecular flexibility index (Phi) is 6.58. The fourth-order valence-electron chi connectivity index (χ4n) is 3.67. The maximum Gasteiger partial charge on any atom is 0.339 e. The number of piperidine rings is 1. The number of rotatable bonds is 6. The first-order valence-electron chi connectivity index (χ1n) is 10.1. The quantitative estimate of drug-likeness (QED) is 0.477. The van der Waals surface area contributed by atoms with Crippen molar-refractivity contribution in [2.24, 2.45) is 5.92 Å². The second-order valence-corrected chi connectivity index (χ2v) is 10.2. The van der Waals surface area contributed by atoms with Crippen molar-refractivity contribution in [1.82, 2.24) is 13.7 Å². The van der Waals surface area contributed by atoms with Crippen LogP contribution in [0.2, 0.25) is 0 Å². The number of nitrogens with zero attached hydrogens (tertiary/aromatic N) is 3. The molecule has 0 aliphatic carbocycles. The minimum atomic E-state index is -3.94. The average Bonchev–Trinajstić information content (AvgIpc) is 3.31. The van der Waals surface area contributed by atoms with E-state index in [9.17, 15) is 22.8 Å². The Bertz CT molecular complexity index is 1360. The zero-order valence-electron chi connectivity index (χ0n) is 17.7. The molecule has 2 aromatic heterocycles. The lowest BCUT2D eigenvalue weighted by atomic mass is 9.98. The third-order valence-corrected chi connectivity index (χ3v) is 8.13. The molecule has 33 heavy (non-hydrogen) atoms. The van der Waals surface area contributed by atoms with Crippen LogP contribution in [0.25, 0.3) is 4.96 Å². The van der Waals surface area contributed by atoms with Gasteiger partial charge >= 0.3 is 11.9 Å². The van der Waals surface area contributed by atoms with Crippen LogP contribution in [-0.4, -0.2) is 54.2 Å². The first-order valence-corrected chi connectivity index (χ1v) is 12.4. The van der Waals surface area contributed by atoms with Crippen molar-refractivity contribution in [2.75, 3.05) is 20.2 Å².